The molecular formula is C14H15N5O. The molecule has 102 valence electrons. The molecule has 0 unspecified atom stereocenters. The minimum atomic E-state index is -0.186. The summed E-state index contributed by atoms with van der Waals surface area (Å²) in [6, 6.07) is 5.57. The molecule has 0 spiro atoms. The van der Waals surface area contributed by atoms with E-state index in [1.165, 1.54) is 12.4 Å². The van der Waals surface area contributed by atoms with Crippen molar-refractivity contribution in [3.63, 3.8) is 0 Å². The molecule has 20 heavy (non-hydrogen) atoms. The molecule has 0 fully saturated rings. The molecule has 1 aromatic carbocycles. The Kier molecular flexibility index (Phi) is 4.39. The van der Waals surface area contributed by atoms with Crippen LogP contribution in [0.1, 0.15) is 12.5 Å². The Hall–Kier alpha value is -2.76. The molecule has 0 radical (unpaired) electrons. The van der Waals surface area contributed by atoms with E-state index in [4.69, 9.17) is 0 Å². The molecule has 2 rings (SSSR count). The molecule has 0 aliphatic carbocycles. The van der Waals surface area contributed by atoms with E-state index in [1.807, 2.05) is 38.1 Å². The largest absolute Gasteiger partial charge is 0.322 e. The highest BCUT2D eigenvalue weighted by Crippen LogP contribution is 2.18. The van der Waals surface area contributed by atoms with Crippen LogP contribution in [0, 0.1) is 6.92 Å². The van der Waals surface area contributed by atoms with E-state index in [0.29, 0.717) is 5.69 Å². The topological polar surface area (TPSA) is 72.7 Å². The molecule has 6 heteroatoms. The van der Waals surface area contributed by atoms with Crippen molar-refractivity contribution in [3.05, 3.63) is 54.4 Å². The summed E-state index contributed by atoms with van der Waals surface area (Å²) < 4.78 is 1.56. The second-order valence-electron chi connectivity index (χ2n) is 4.13. The predicted octanol–water partition coefficient (Wildman–Crippen LogP) is 2.04. The van der Waals surface area contributed by atoms with Crippen LogP contribution in [-0.4, -0.2) is 26.1 Å². The highest BCUT2D eigenvalue weighted by Gasteiger charge is 2.05. The van der Waals surface area contributed by atoms with E-state index >= 15 is 0 Å². The van der Waals surface area contributed by atoms with Crippen molar-refractivity contribution in [1.29, 1.82) is 0 Å². The van der Waals surface area contributed by atoms with Crippen LogP contribution in [0.25, 0.3) is 5.69 Å². The summed E-state index contributed by atoms with van der Waals surface area (Å²) in [4.78, 5) is 11.7. The van der Waals surface area contributed by atoms with Crippen molar-refractivity contribution in [2.75, 3.05) is 5.32 Å². The van der Waals surface area contributed by atoms with Crippen molar-refractivity contribution in [2.24, 2.45) is 0 Å². The predicted molar refractivity (Wildman–Crippen MR) is 76.5 cm³/mol. The molecule has 0 aliphatic heterocycles. The number of tetrazole rings is 1. The summed E-state index contributed by atoms with van der Waals surface area (Å²) >= 11 is 0. The summed E-state index contributed by atoms with van der Waals surface area (Å²) in [7, 11) is 0. The highest BCUT2D eigenvalue weighted by atomic mass is 16.1. The van der Waals surface area contributed by atoms with Gasteiger partial charge in [0.15, 0.2) is 0 Å². The first kappa shape index (κ1) is 13.7. The van der Waals surface area contributed by atoms with E-state index < -0.39 is 0 Å². The van der Waals surface area contributed by atoms with E-state index in [1.54, 1.807) is 16.8 Å². The second-order valence-corrected chi connectivity index (χ2v) is 4.13. The van der Waals surface area contributed by atoms with Crippen molar-refractivity contribution in [2.45, 2.75) is 13.8 Å². The maximum Gasteiger partial charge on any atom is 0.248 e. The van der Waals surface area contributed by atoms with Crippen LogP contribution >= 0.6 is 0 Å². The zero-order chi connectivity index (χ0) is 14.4. The van der Waals surface area contributed by atoms with Gasteiger partial charge in [-0.05, 0) is 42.0 Å². The van der Waals surface area contributed by atoms with Gasteiger partial charge in [-0.25, -0.2) is 4.68 Å². The maximum absolute atomic E-state index is 11.7. The van der Waals surface area contributed by atoms with Crippen LogP contribution in [0.4, 0.5) is 5.69 Å². The number of anilines is 1. The zero-order valence-electron chi connectivity index (χ0n) is 11.3. The molecule has 0 bridgehead atoms. The fraction of sp³-hybridized carbons (Fsp3) is 0.143. The zero-order valence-corrected chi connectivity index (χ0v) is 11.3. The van der Waals surface area contributed by atoms with Gasteiger partial charge < -0.3 is 5.32 Å². The summed E-state index contributed by atoms with van der Waals surface area (Å²) in [5.74, 6) is -0.186. The van der Waals surface area contributed by atoms with Crippen molar-refractivity contribution >= 4 is 11.6 Å². The van der Waals surface area contributed by atoms with Gasteiger partial charge in [0.2, 0.25) is 5.91 Å². The fourth-order valence-corrected chi connectivity index (χ4v) is 1.64. The lowest BCUT2D eigenvalue weighted by molar-refractivity contribution is -0.111. The van der Waals surface area contributed by atoms with E-state index in [-0.39, 0.29) is 5.91 Å². The average Bonchev–Trinajstić information content (AvgIpc) is 2.95. The average molecular weight is 269 g/mol. The van der Waals surface area contributed by atoms with Gasteiger partial charge in [0, 0.05) is 11.8 Å². The number of nitrogens with one attached hydrogen (secondary N) is 1. The molecule has 2 aromatic rings. The molecule has 1 N–H and O–H groups in total. The smallest absolute Gasteiger partial charge is 0.248 e. The summed E-state index contributed by atoms with van der Waals surface area (Å²) in [6.45, 7) is 3.84. The number of aromatic nitrogens is 4. The number of hydrogen-bond donors (Lipinski definition) is 1. The Morgan fingerprint density at radius 1 is 1.35 bits per heavy atom. The third-order valence-electron chi connectivity index (χ3n) is 2.62. The van der Waals surface area contributed by atoms with Crippen LogP contribution in [0.3, 0.4) is 0 Å². The normalized spacial score (nSPS) is 11.3. The Morgan fingerprint density at radius 3 is 2.90 bits per heavy atom. The van der Waals surface area contributed by atoms with E-state index in [0.717, 1.165) is 11.3 Å². The first-order chi connectivity index (χ1) is 9.70. The lowest BCUT2D eigenvalue weighted by Gasteiger charge is -2.08. The maximum atomic E-state index is 11.7. The first-order valence-electron chi connectivity index (χ1n) is 6.15. The van der Waals surface area contributed by atoms with Gasteiger partial charge in [-0.15, -0.1) is 5.10 Å². The molecule has 1 aromatic heterocycles. The third-order valence-corrected chi connectivity index (χ3v) is 2.62. The van der Waals surface area contributed by atoms with Gasteiger partial charge in [-0.1, -0.05) is 24.3 Å². The van der Waals surface area contributed by atoms with E-state index in [2.05, 4.69) is 20.8 Å². The number of allylic oxidation sites excluding steroid dienone is 3. The Morgan fingerprint density at radius 2 is 2.20 bits per heavy atom. The van der Waals surface area contributed by atoms with Gasteiger partial charge in [0.25, 0.3) is 0 Å². The molecule has 6 nitrogen and oxygen atoms in total. The van der Waals surface area contributed by atoms with Crippen LogP contribution < -0.4 is 5.32 Å². The van der Waals surface area contributed by atoms with Crippen LogP contribution in [0.5, 0.6) is 0 Å². The molecule has 1 amide bonds. The minimum Gasteiger partial charge on any atom is -0.322 e. The number of carbonyl (C=O) groups is 1. The minimum absolute atomic E-state index is 0.186. The Labute approximate surface area is 116 Å². The molecule has 0 atom stereocenters. The number of nitrogens with zero attached hydrogens (tertiary/aromatic N) is 4. The van der Waals surface area contributed by atoms with Crippen molar-refractivity contribution < 1.29 is 4.79 Å². The number of amides is 1. The lowest BCUT2D eigenvalue weighted by atomic mass is 10.2. The lowest BCUT2D eigenvalue weighted by Crippen LogP contribution is -2.08. The standard InChI is InChI=1S/C14H15N5O/c1-3-4-5-6-14(20)16-12-8-7-11(2)13(9-12)19-10-15-17-18-19/h3-10H,1-2H3,(H,16,20). The van der Waals surface area contributed by atoms with Crippen LogP contribution in [-0.2, 0) is 4.79 Å². The molecule has 1 heterocycles. The summed E-state index contributed by atoms with van der Waals surface area (Å²) in [5, 5.41) is 13.8. The SMILES string of the molecule is CC=CC=CC(=O)Nc1ccc(C)c(-n2cnnn2)c1. The molecule has 0 saturated carbocycles. The number of benzene rings is 1. The number of hydrogen-bond acceptors (Lipinski definition) is 4. The number of rotatable bonds is 4. The monoisotopic (exact) mass is 269 g/mol. The third kappa shape index (κ3) is 3.38. The quantitative estimate of drug-likeness (QED) is 0.681. The van der Waals surface area contributed by atoms with Gasteiger partial charge in [0.05, 0.1) is 5.69 Å². The molecule has 0 saturated heterocycles. The van der Waals surface area contributed by atoms with Crippen molar-refractivity contribution in [3.8, 4) is 5.69 Å². The first-order valence-corrected chi connectivity index (χ1v) is 6.15. The second kappa shape index (κ2) is 6.42. The van der Waals surface area contributed by atoms with Crippen LogP contribution in [0.2, 0.25) is 0 Å². The molecule has 0 aliphatic rings. The van der Waals surface area contributed by atoms with Crippen molar-refractivity contribution in [1.82, 2.24) is 20.2 Å². The Balaban J connectivity index is 2.18. The molecular weight excluding hydrogens is 254 g/mol. The van der Waals surface area contributed by atoms with Gasteiger partial charge in [-0.2, -0.15) is 0 Å². The fourth-order valence-electron chi connectivity index (χ4n) is 1.64. The number of carbonyl (C=O) groups excluding carboxylic acids is 1. The van der Waals surface area contributed by atoms with Gasteiger partial charge in [-0.3, -0.25) is 4.79 Å². The summed E-state index contributed by atoms with van der Waals surface area (Å²) in [5.41, 5.74) is 2.53. The van der Waals surface area contributed by atoms with Gasteiger partial charge in [0.1, 0.15) is 6.33 Å². The van der Waals surface area contributed by atoms with E-state index in [9.17, 15) is 4.79 Å². The van der Waals surface area contributed by atoms with Gasteiger partial charge >= 0.3 is 0 Å². The number of aryl methyl sites for hydroxylation is 1. The summed E-state index contributed by atoms with van der Waals surface area (Å²) in [6.07, 6.45) is 8.31. The highest BCUT2D eigenvalue weighted by molar-refractivity contribution is 5.99. The van der Waals surface area contributed by atoms with Crippen LogP contribution in [0.15, 0.2) is 48.8 Å². The Bertz CT molecular complexity index is 644.